The van der Waals surface area contributed by atoms with Crippen molar-refractivity contribution in [1.82, 2.24) is 4.90 Å². The Morgan fingerprint density at radius 3 is 2.68 bits per heavy atom. The van der Waals surface area contributed by atoms with Gasteiger partial charge in [0.25, 0.3) is 0 Å². The summed E-state index contributed by atoms with van der Waals surface area (Å²) in [4.78, 5) is 2.15. The summed E-state index contributed by atoms with van der Waals surface area (Å²) in [5, 5.41) is 0. The van der Waals surface area contributed by atoms with Gasteiger partial charge in [-0.15, -0.1) is 0 Å². The highest BCUT2D eigenvalue weighted by atomic mass is 19.1. The van der Waals surface area contributed by atoms with Gasteiger partial charge in [-0.1, -0.05) is 12.1 Å². The minimum absolute atomic E-state index is 0.0889. The van der Waals surface area contributed by atoms with Crippen molar-refractivity contribution in [2.75, 3.05) is 33.4 Å². The molecule has 1 aromatic rings. The van der Waals surface area contributed by atoms with Crippen molar-refractivity contribution < 1.29 is 9.13 Å². The summed E-state index contributed by atoms with van der Waals surface area (Å²) < 4.78 is 18.4. The highest BCUT2D eigenvalue weighted by Gasteiger charge is 2.21. The maximum absolute atomic E-state index is 12.8. The first-order valence-electron chi connectivity index (χ1n) is 6.92. The molecule has 1 atom stereocenters. The average Bonchev–Trinajstić information content (AvgIpc) is 3.19. The zero-order valence-corrected chi connectivity index (χ0v) is 11.5. The van der Waals surface area contributed by atoms with Crippen molar-refractivity contribution in [3.63, 3.8) is 0 Å². The molecule has 0 aromatic heterocycles. The molecule has 0 spiro atoms. The number of benzene rings is 1. The van der Waals surface area contributed by atoms with Crippen LogP contribution in [-0.4, -0.2) is 38.3 Å². The molecule has 2 N–H and O–H groups in total. The van der Waals surface area contributed by atoms with Gasteiger partial charge in [-0.2, -0.15) is 0 Å². The minimum atomic E-state index is -0.224. The molecule has 2 rings (SSSR count). The molecule has 19 heavy (non-hydrogen) atoms. The predicted octanol–water partition coefficient (Wildman–Crippen LogP) is 2.18. The number of hydrogen-bond acceptors (Lipinski definition) is 3. The standard InChI is InChI=1S/C15H23FN2O/c1-18(8-9-19-11-12-2-3-12)10-15(17)13-4-6-14(16)7-5-13/h4-7,12,15H,2-3,8-11,17H2,1H3. The molecule has 1 saturated carbocycles. The number of nitrogens with two attached hydrogens (primary N) is 1. The lowest BCUT2D eigenvalue weighted by Crippen LogP contribution is -2.31. The Bertz CT molecular complexity index is 378. The third-order valence-electron chi connectivity index (χ3n) is 3.47. The molecule has 1 aromatic carbocycles. The van der Waals surface area contributed by atoms with Crippen molar-refractivity contribution >= 4 is 0 Å². The molecule has 0 heterocycles. The van der Waals surface area contributed by atoms with Crippen LogP contribution in [0.3, 0.4) is 0 Å². The second-order valence-electron chi connectivity index (χ2n) is 5.44. The van der Waals surface area contributed by atoms with E-state index in [1.807, 2.05) is 7.05 Å². The van der Waals surface area contributed by atoms with Crippen LogP contribution in [0, 0.1) is 11.7 Å². The Balaban J connectivity index is 1.65. The van der Waals surface area contributed by atoms with Crippen LogP contribution in [-0.2, 0) is 4.74 Å². The van der Waals surface area contributed by atoms with E-state index >= 15 is 0 Å². The van der Waals surface area contributed by atoms with E-state index in [1.165, 1.54) is 25.0 Å². The zero-order valence-electron chi connectivity index (χ0n) is 11.5. The quantitative estimate of drug-likeness (QED) is 0.733. The molecule has 0 saturated heterocycles. The first kappa shape index (κ1) is 14.4. The van der Waals surface area contributed by atoms with Gasteiger partial charge in [0.2, 0.25) is 0 Å². The van der Waals surface area contributed by atoms with Crippen LogP contribution in [0.15, 0.2) is 24.3 Å². The molecule has 106 valence electrons. The van der Waals surface area contributed by atoms with E-state index in [0.29, 0.717) is 0 Å². The molecule has 0 bridgehead atoms. The van der Waals surface area contributed by atoms with Crippen molar-refractivity contribution in [3.8, 4) is 0 Å². The summed E-state index contributed by atoms with van der Waals surface area (Å²) >= 11 is 0. The maximum Gasteiger partial charge on any atom is 0.123 e. The van der Waals surface area contributed by atoms with E-state index < -0.39 is 0 Å². The average molecular weight is 266 g/mol. The van der Waals surface area contributed by atoms with Gasteiger partial charge in [0, 0.05) is 25.7 Å². The van der Waals surface area contributed by atoms with Crippen molar-refractivity contribution in [1.29, 1.82) is 0 Å². The second kappa shape index (κ2) is 6.98. The van der Waals surface area contributed by atoms with Gasteiger partial charge in [0.05, 0.1) is 6.61 Å². The first-order chi connectivity index (χ1) is 9.15. The van der Waals surface area contributed by atoms with E-state index in [0.717, 1.165) is 37.8 Å². The monoisotopic (exact) mass is 266 g/mol. The van der Waals surface area contributed by atoms with Crippen molar-refractivity contribution in [2.24, 2.45) is 11.7 Å². The summed E-state index contributed by atoms with van der Waals surface area (Å²) in [6, 6.07) is 6.31. The normalized spacial score (nSPS) is 16.8. The predicted molar refractivity (Wildman–Crippen MR) is 74.4 cm³/mol. The molecule has 0 aliphatic heterocycles. The fourth-order valence-electron chi connectivity index (χ4n) is 2.00. The lowest BCUT2D eigenvalue weighted by atomic mass is 10.1. The summed E-state index contributed by atoms with van der Waals surface area (Å²) in [5.74, 6) is 0.588. The molecule has 3 nitrogen and oxygen atoms in total. The van der Waals surface area contributed by atoms with Gasteiger partial charge in [-0.05, 0) is 43.5 Å². The fourth-order valence-corrected chi connectivity index (χ4v) is 2.00. The highest BCUT2D eigenvalue weighted by molar-refractivity contribution is 5.19. The summed E-state index contributed by atoms with van der Waals surface area (Å²) in [7, 11) is 2.03. The van der Waals surface area contributed by atoms with E-state index in [1.54, 1.807) is 12.1 Å². The smallest absolute Gasteiger partial charge is 0.123 e. The lowest BCUT2D eigenvalue weighted by molar-refractivity contribution is 0.102. The summed E-state index contributed by atoms with van der Waals surface area (Å²) in [5.41, 5.74) is 7.07. The Morgan fingerprint density at radius 2 is 2.05 bits per heavy atom. The lowest BCUT2D eigenvalue weighted by Gasteiger charge is -2.21. The van der Waals surface area contributed by atoms with Crippen LogP contribution in [0.1, 0.15) is 24.4 Å². The second-order valence-corrected chi connectivity index (χ2v) is 5.44. The van der Waals surface area contributed by atoms with Crippen LogP contribution in [0.5, 0.6) is 0 Å². The molecule has 0 amide bonds. The SMILES string of the molecule is CN(CCOCC1CC1)CC(N)c1ccc(F)cc1. The van der Waals surface area contributed by atoms with Crippen LogP contribution < -0.4 is 5.73 Å². The Labute approximate surface area is 114 Å². The number of ether oxygens (including phenoxy) is 1. The van der Waals surface area contributed by atoms with Crippen molar-refractivity contribution in [3.05, 3.63) is 35.6 Å². The summed E-state index contributed by atoms with van der Waals surface area (Å²) in [6.07, 6.45) is 2.65. The van der Waals surface area contributed by atoms with E-state index in [-0.39, 0.29) is 11.9 Å². The van der Waals surface area contributed by atoms with E-state index in [2.05, 4.69) is 4.90 Å². The van der Waals surface area contributed by atoms with Crippen LogP contribution in [0.4, 0.5) is 4.39 Å². The minimum Gasteiger partial charge on any atom is -0.380 e. The van der Waals surface area contributed by atoms with E-state index in [4.69, 9.17) is 10.5 Å². The number of halogens is 1. The van der Waals surface area contributed by atoms with E-state index in [9.17, 15) is 4.39 Å². The number of nitrogens with zero attached hydrogens (tertiary/aromatic N) is 1. The van der Waals surface area contributed by atoms with Gasteiger partial charge in [-0.25, -0.2) is 4.39 Å². The Hall–Kier alpha value is -0.970. The van der Waals surface area contributed by atoms with Crippen LogP contribution in [0.2, 0.25) is 0 Å². The topological polar surface area (TPSA) is 38.5 Å². The van der Waals surface area contributed by atoms with Gasteiger partial charge in [0.1, 0.15) is 5.82 Å². The van der Waals surface area contributed by atoms with Gasteiger partial charge < -0.3 is 15.4 Å². The third kappa shape index (κ3) is 5.27. The van der Waals surface area contributed by atoms with Crippen LogP contribution in [0.25, 0.3) is 0 Å². The maximum atomic E-state index is 12.8. The molecule has 4 heteroatoms. The summed E-state index contributed by atoms with van der Waals surface area (Å²) in [6.45, 7) is 3.28. The Morgan fingerprint density at radius 1 is 1.37 bits per heavy atom. The van der Waals surface area contributed by atoms with Gasteiger partial charge >= 0.3 is 0 Å². The highest BCUT2D eigenvalue weighted by Crippen LogP contribution is 2.28. The molecule has 1 aliphatic carbocycles. The molecule has 1 aliphatic rings. The Kier molecular flexibility index (Phi) is 5.31. The van der Waals surface area contributed by atoms with Gasteiger partial charge in [0.15, 0.2) is 0 Å². The number of likely N-dealkylation sites (N-methyl/N-ethyl adjacent to an activating group) is 1. The third-order valence-corrected chi connectivity index (χ3v) is 3.47. The molecular formula is C15H23FN2O. The number of rotatable bonds is 8. The molecule has 0 radical (unpaired) electrons. The first-order valence-corrected chi connectivity index (χ1v) is 6.92. The molecule has 1 unspecified atom stereocenters. The van der Waals surface area contributed by atoms with Crippen LogP contribution >= 0.6 is 0 Å². The fraction of sp³-hybridized carbons (Fsp3) is 0.600. The van der Waals surface area contributed by atoms with Gasteiger partial charge in [-0.3, -0.25) is 0 Å². The largest absolute Gasteiger partial charge is 0.380 e. The molecular weight excluding hydrogens is 243 g/mol. The van der Waals surface area contributed by atoms with Crippen molar-refractivity contribution in [2.45, 2.75) is 18.9 Å². The molecule has 1 fully saturated rings. The zero-order chi connectivity index (χ0) is 13.7. The number of hydrogen-bond donors (Lipinski definition) is 1.